The van der Waals surface area contributed by atoms with Crippen molar-refractivity contribution in [1.82, 2.24) is 19.6 Å². The molecule has 4 heterocycles. The summed E-state index contributed by atoms with van der Waals surface area (Å²) in [5, 5.41) is 0. The van der Waals surface area contributed by atoms with Crippen molar-refractivity contribution in [1.29, 1.82) is 0 Å². The number of ether oxygens (including phenoxy) is 2. The minimum absolute atomic E-state index is 0.636. The molecule has 8 rings (SSSR count). The van der Waals surface area contributed by atoms with Gasteiger partial charge in [-0.2, -0.15) is 0 Å². The normalized spacial score (nSPS) is 17.8. The number of hydrogen-bond donors (Lipinski definition) is 0. The molecule has 2 saturated heterocycles. The van der Waals surface area contributed by atoms with E-state index < -0.39 is 0 Å². The zero-order valence-corrected chi connectivity index (χ0v) is 30.1. The molecule has 0 amide bonds. The van der Waals surface area contributed by atoms with E-state index in [9.17, 15) is 0 Å². The third kappa shape index (κ3) is 7.81. The van der Waals surface area contributed by atoms with Crippen LogP contribution in [0.15, 0.2) is 127 Å². The van der Waals surface area contributed by atoms with Crippen molar-refractivity contribution < 1.29 is 9.47 Å². The SMILES string of the molecule is c1ccc2c(c1)N=C(N1CCN(CCOCCOCCN3CCN(C4=Nc5ccccc5Sc5ccccc54)CC3)CC1)c1ccccc1S2. The number of fused-ring (bicyclic) bond motifs is 4. The molecule has 0 N–H and O–H groups in total. The smallest absolute Gasteiger partial charge is 0.137 e. The van der Waals surface area contributed by atoms with Gasteiger partial charge in [-0.15, -0.1) is 0 Å². The Morgan fingerprint density at radius 1 is 0.440 bits per heavy atom. The molecule has 0 aliphatic carbocycles. The number of nitrogens with zero attached hydrogens (tertiary/aromatic N) is 6. The maximum absolute atomic E-state index is 5.98. The molecule has 0 unspecified atom stereocenters. The summed E-state index contributed by atoms with van der Waals surface area (Å²) in [5.41, 5.74) is 4.58. The van der Waals surface area contributed by atoms with Gasteiger partial charge in [0.25, 0.3) is 0 Å². The van der Waals surface area contributed by atoms with Crippen molar-refractivity contribution in [3.8, 4) is 0 Å². The van der Waals surface area contributed by atoms with Gasteiger partial charge in [-0.25, -0.2) is 9.98 Å². The van der Waals surface area contributed by atoms with Crippen molar-refractivity contribution >= 4 is 46.6 Å². The second-order valence-electron chi connectivity index (χ2n) is 12.9. The number of para-hydroxylation sites is 2. The summed E-state index contributed by atoms with van der Waals surface area (Å²) in [4.78, 5) is 25.2. The first-order valence-electron chi connectivity index (χ1n) is 17.8. The van der Waals surface area contributed by atoms with Crippen molar-refractivity contribution in [2.75, 3.05) is 91.9 Å². The number of rotatable bonds is 9. The maximum Gasteiger partial charge on any atom is 0.137 e. The van der Waals surface area contributed by atoms with Gasteiger partial charge in [-0.1, -0.05) is 84.2 Å². The molecular formula is C40H44N6O2S2. The van der Waals surface area contributed by atoms with Gasteiger partial charge in [0.2, 0.25) is 0 Å². The summed E-state index contributed by atoms with van der Waals surface area (Å²) in [6.45, 7) is 12.5. The number of hydrogen-bond acceptors (Lipinski definition) is 10. The van der Waals surface area contributed by atoms with E-state index in [4.69, 9.17) is 19.5 Å². The largest absolute Gasteiger partial charge is 0.378 e. The first-order valence-corrected chi connectivity index (χ1v) is 19.4. The van der Waals surface area contributed by atoms with Gasteiger partial charge >= 0.3 is 0 Å². The Bertz CT molecular complexity index is 1700. The monoisotopic (exact) mass is 704 g/mol. The zero-order chi connectivity index (χ0) is 33.5. The topological polar surface area (TPSA) is 56.1 Å². The van der Waals surface area contributed by atoms with Crippen LogP contribution in [-0.4, -0.2) is 123 Å². The fourth-order valence-corrected chi connectivity index (χ4v) is 8.93. The molecule has 8 nitrogen and oxygen atoms in total. The molecular weight excluding hydrogens is 661 g/mol. The standard InChI is InChI=1S/C40H44N6O2S2/c1-5-13-35-31(9-1)39(41-33-11-3-7-15-37(33)49-35)45-21-17-43(18-22-45)25-27-47-29-30-48-28-26-44-19-23-46(24-20-44)40-32-10-2-6-14-36(32)50-38-16-8-4-12-34(38)42-40/h1-16H,17-30H2. The Kier molecular flexibility index (Phi) is 10.8. The van der Waals surface area contributed by atoms with Gasteiger partial charge in [-0.05, 0) is 36.4 Å². The molecule has 4 aliphatic rings. The van der Waals surface area contributed by atoms with Gasteiger partial charge in [0, 0.05) is 96.2 Å². The minimum Gasteiger partial charge on any atom is -0.378 e. The molecule has 0 aromatic heterocycles. The van der Waals surface area contributed by atoms with Gasteiger partial charge < -0.3 is 19.3 Å². The highest BCUT2D eigenvalue weighted by atomic mass is 32.2. The van der Waals surface area contributed by atoms with E-state index in [0.29, 0.717) is 13.2 Å². The Morgan fingerprint density at radius 2 is 0.820 bits per heavy atom. The van der Waals surface area contributed by atoms with Crippen LogP contribution < -0.4 is 0 Å². The average molecular weight is 705 g/mol. The number of piperazine rings is 2. The number of amidine groups is 2. The lowest BCUT2D eigenvalue weighted by Gasteiger charge is -2.36. The minimum atomic E-state index is 0.636. The molecule has 10 heteroatoms. The van der Waals surface area contributed by atoms with Crippen LogP contribution in [-0.2, 0) is 9.47 Å². The highest BCUT2D eigenvalue weighted by molar-refractivity contribution is 7.99. The van der Waals surface area contributed by atoms with Crippen molar-refractivity contribution in [3.63, 3.8) is 0 Å². The number of aliphatic imine (C=N–C) groups is 2. The van der Waals surface area contributed by atoms with Crippen molar-refractivity contribution in [2.24, 2.45) is 9.98 Å². The molecule has 0 spiro atoms. The van der Waals surface area contributed by atoms with Gasteiger partial charge in [-0.3, -0.25) is 9.80 Å². The van der Waals surface area contributed by atoms with E-state index in [1.807, 2.05) is 23.5 Å². The summed E-state index contributed by atoms with van der Waals surface area (Å²) in [6, 6.07) is 34.3. The number of benzene rings is 4. The second-order valence-corrected chi connectivity index (χ2v) is 15.1. The third-order valence-electron chi connectivity index (χ3n) is 9.70. The van der Waals surface area contributed by atoms with Crippen molar-refractivity contribution in [3.05, 3.63) is 108 Å². The molecule has 0 bridgehead atoms. The van der Waals surface area contributed by atoms with Gasteiger partial charge in [0.1, 0.15) is 11.7 Å². The highest BCUT2D eigenvalue weighted by Crippen LogP contribution is 2.41. The lowest BCUT2D eigenvalue weighted by molar-refractivity contribution is 0.0255. The lowest BCUT2D eigenvalue weighted by atomic mass is 10.1. The third-order valence-corrected chi connectivity index (χ3v) is 12.0. The molecule has 0 saturated carbocycles. The summed E-state index contributed by atoms with van der Waals surface area (Å²) in [7, 11) is 0. The van der Waals surface area contributed by atoms with Crippen LogP contribution >= 0.6 is 23.5 Å². The van der Waals surface area contributed by atoms with E-state index in [-0.39, 0.29) is 0 Å². The van der Waals surface area contributed by atoms with E-state index in [0.717, 1.165) is 102 Å². The average Bonchev–Trinajstić information content (AvgIpc) is 3.44. The second kappa shape index (κ2) is 16.1. The molecule has 0 radical (unpaired) electrons. The highest BCUT2D eigenvalue weighted by Gasteiger charge is 2.26. The lowest BCUT2D eigenvalue weighted by Crippen LogP contribution is -2.49. The first kappa shape index (κ1) is 33.5. The molecule has 258 valence electrons. The summed E-state index contributed by atoms with van der Waals surface area (Å²) < 4.78 is 12.0. The quantitative estimate of drug-likeness (QED) is 0.178. The van der Waals surface area contributed by atoms with Crippen LogP contribution in [0.25, 0.3) is 0 Å². The fraction of sp³-hybridized carbons (Fsp3) is 0.350. The van der Waals surface area contributed by atoms with Crippen LogP contribution in [0.5, 0.6) is 0 Å². The Hall–Kier alpha value is -3.64. The van der Waals surface area contributed by atoms with Crippen LogP contribution in [0, 0.1) is 0 Å². The molecule has 4 aromatic rings. The summed E-state index contributed by atoms with van der Waals surface area (Å²) >= 11 is 3.63. The molecule has 4 aliphatic heterocycles. The van der Waals surface area contributed by atoms with Gasteiger partial charge in [0.05, 0.1) is 37.8 Å². The van der Waals surface area contributed by atoms with E-state index >= 15 is 0 Å². The molecule has 2 fully saturated rings. The molecule has 50 heavy (non-hydrogen) atoms. The Morgan fingerprint density at radius 3 is 1.26 bits per heavy atom. The molecule has 4 aromatic carbocycles. The van der Waals surface area contributed by atoms with Crippen molar-refractivity contribution in [2.45, 2.75) is 19.6 Å². The zero-order valence-electron chi connectivity index (χ0n) is 28.5. The van der Waals surface area contributed by atoms with Crippen LogP contribution in [0.4, 0.5) is 11.4 Å². The predicted octanol–water partition coefficient (Wildman–Crippen LogP) is 6.74. The van der Waals surface area contributed by atoms with E-state index in [2.05, 4.69) is 117 Å². The van der Waals surface area contributed by atoms with Crippen LogP contribution in [0.2, 0.25) is 0 Å². The van der Waals surface area contributed by atoms with E-state index in [1.165, 1.54) is 30.7 Å². The van der Waals surface area contributed by atoms with Crippen LogP contribution in [0.3, 0.4) is 0 Å². The summed E-state index contributed by atoms with van der Waals surface area (Å²) in [6.07, 6.45) is 0. The molecule has 0 atom stereocenters. The first-order chi connectivity index (χ1) is 24.8. The Labute approximate surface area is 304 Å². The van der Waals surface area contributed by atoms with E-state index in [1.54, 1.807) is 0 Å². The Balaban J connectivity index is 0.725. The maximum atomic E-state index is 5.98. The van der Waals surface area contributed by atoms with Crippen LogP contribution in [0.1, 0.15) is 11.1 Å². The predicted molar refractivity (Wildman–Crippen MR) is 204 cm³/mol. The summed E-state index contributed by atoms with van der Waals surface area (Å²) in [5.74, 6) is 2.19. The van der Waals surface area contributed by atoms with Gasteiger partial charge in [0.15, 0.2) is 0 Å². The fourth-order valence-electron chi connectivity index (χ4n) is 6.90.